The maximum atomic E-state index is 12.6. The molecule has 7 heteroatoms. The lowest BCUT2D eigenvalue weighted by molar-refractivity contribution is 0.0955. The van der Waals surface area contributed by atoms with Crippen molar-refractivity contribution >= 4 is 38.5 Å². The standard InChI is InChI=1S/C18H19IN2O3S/c19-17-8-4-3-7-16(17)18(22)20-10-12-25(23,24)21-11-9-14-5-1-2-6-15(14)13-21/h1-8H,9-13H2,(H,20,22). The lowest BCUT2D eigenvalue weighted by Crippen LogP contribution is -2.40. The molecule has 1 aliphatic rings. The van der Waals surface area contributed by atoms with Gasteiger partial charge in [-0.05, 0) is 52.3 Å². The van der Waals surface area contributed by atoms with Gasteiger partial charge in [0.15, 0.2) is 0 Å². The number of halogens is 1. The molecule has 0 atom stereocenters. The summed E-state index contributed by atoms with van der Waals surface area (Å²) in [6.07, 6.45) is 0.726. The molecule has 132 valence electrons. The van der Waals surface area contributed by atoms with Gasteiger partial charge in [-0.15, -0.1) is 0 Å². The van der Waals surface area contributed by atoms with E-state index in [-0.39, 0.29) is 18.2 Å². The maximum Gasteiger partial charge on any atom is 0.252 e. The average Bonchev–Trinajstić information content (AvgIpc) is 2.61. The molecule has 1 heterocycles. The Hall–Kier alpha value is -1.45. The van der Waals surface area contributed by atoms with Gasteiger partial charge in [0.25, 0.3) is 5.91 Å². The van der Waals surface area contributed by atoms with E-state index in [0.717, 1.165) is 15.6 Å². The van der Waals surface area contributed by atoms with Crippen molar-refractivity contribution in [3.05, 3.63) is 68.8 Å². The zero-order chi connectivity index (χ0) is 17.9. The molecule has 1 N–H and O–H groups in total. The highest BCUT2D eigenvalue weighted by atomic mass is 127. The first-order valence-electron chi connectivity index (χ1n) is 8.05. The molecule has 0 fully saturated rings. The number of fused-ring (bicyclic) bond motifs is 1. The third-order valence-electron chi connectivity index (χ3n) is 4.25. The topological polar surface area (TPSA) is 66.5 Å². The van der Waals surface area contributed by atoms with Crippen LogP contribution in [0.3, 0.4) is 0 Å². The van der Waals surface area contributed by atoms with Crippen LogP contribution in [0.15, 0.2) is 48.5 Å². The summed E-state index contributed by atoms with van der Waals surface area (Å²) in [5.74, 6) is -0.339. The van der Waals surface area contributed by atoms with Crippen molar-refractivity contribution in [1.29, 1.82) is 0 Å². The van der Waals surface area contributed by atoms with Gasteiger partial charge in [-0.3, -0.25) is 4.79 Å². The Morgan fingerprint density at radius 1 is 1.08 bits per heavy atom. The number of sulfonamides is 1. The van der Waals surface area contributed by atoms with Crippen molar-refractivity contribution in [3.63, 3.8) is 0 Å². The van der Waals surface area contributed by atoms with Gasteiger partial charge in [0.1, 0.15) is 0 Å². The second kappa shape index (κ2) is 7.84. The highest BCUT2D eigenvalue weighted by molar-refractivity contribution is 14.1. The highest BCUT2D eigenvalue weighted by Crippen LogP contribution is 2.21. The molecule has 0 unspecified atom stereocenters. The zero-order valence-electron chi connectivity index (χ0n) is 13.6. The summed E-state index contributed by atoms with van der Waals surface area (Å²) < 4.78 is 27.5. The van der Waals surface area contributed by atoms with Crippen LogP contribution in [-0.2, 0) is 23.0 Å². The van der Waals surface area contributed by atoms with Crippen LogP contribution in [0.5, 0.6) is 0 Å². The SMILES string of the molecule is O=C(NCCS(=O)(=O)N1CCc2ccccc2C1)c1ccccc1I. The number of benzene rings is 2. The van der Waals surface area contributed by atoms with Crippen molar-refractivity contribution in [2.45, 2.75) is 13.0 Å². The molecule has 0 saturated carbocycles. The first-order chi connectivity index (χ1) is 12.0. The van der Waals surface area contributed by atoms with Crippen LogP contribution in [-0.4, -0.2) is 37.5 Å². The van der Waals surface area contributed by atoms with E-state index in [1.807, 2.05) is 36.4 Å². The molecule has 0 aliphatic carbocycles. The van der Waals surface area contributed by atoms with Crippen LogP contribution in [0.4, 0.5) is 0 Å². The molecule has 0 bridgehead atoms. The monoisotopic (exact) mass is 470 g/mol. The van der Waals surface area contributed by atoms with Crippen LogP contribution in [0, 0.1) is 3.57 Å². The van der Waals surface area contributed by atoms with E-state index in [1.54, 1.807) is 12.1 Å². The van der Waals surface area contributed by atoms with Crippen molar-refractivity contribution in [3.8, 4) is 0 Å². The Balaban J connectivity index is 1.58. The first-order valence-corrected chi connectivity index (χ1v) is 10.7. The second-order valence-electron chi connectivity index (χ2n) is 5.90. The smallest absolute Gasteiger partial charge is 0.252 e. The molecular weight excluding hydrogens is 451 g/mol. The van der Waals surface area contributed by atoms with Gasteiger partial charge in [-0.1, -0.05) is 36.4 Å². The normalized spacial score (nSPS) is 14.8. The van der Waals surface area contributed by atoms with Crippen LogP contribution in [0.2, 0.25) is 0 Å². The third-order valence-corrected chi connectivity index (χ3v) is 7.01. The lowest BCUT2D eigenvalue weighted by Gasteiger charge is -2.28. The number of hydrogen-bond donors (Lipinski definition) is 1. The molecular formula is C18H19IN2O3S. The maximum absolute atomic E-state index is 12.6. The van der Waals surface area contributed by atoms with Crippen molar-refractivity contribution in [1.82, 2.24) is 9.62 Å². The van der Waals surface area contributed by atoms with E-state index in [9.17, 15) is 13.2 Å². The zero-order valence-corrected chi connectivity index (χ0v) is 16.6. The molecule has 2 aromatic carbocycles. The van der Waals surface area contributed by atoms with Gasteiger partial charge in [0, 0.05) is 23.2 Å². The number of rotatable bonds is 5. The van der Waals surface area contributed by atoms with Crippen LogP contribution in [0.25, 0.3) is 0 Å². The van der Waals surface area contributed by atoms with Crippen molar-refractivity contribution < 1.29 is 13.2 Å². The van der Waals surface area contributed by atoms with E-state index in [4.69, 9.17) is 0 Å². The van der Waals surface area contributed by atoms with E-state index < -0.39 is 10.0 Å². The minimum absolute atomic E-state index is 0.0929. The van der Waals surface area contributed by atoms with E-state index in [0.29, 0.717) is 18.7 Å². The van der Waals surface area contributed by atoms with Crippen LogP contribution < -0.4 is 5.32 Å². The Labute approximate surface area is 161 Å². The summed E-state index contributed by atoms with van der Waals surface area (Å²) in [4.78, 5) is 12.2. The molecule has 2 aromatic rings. The Kier molecular flexibility index (Phi) is 5.75. The number of amides is 1. The largest absolute Gasteiger partial charge is 0.351 e. The van der Waals surface area contributed by atoms with Gasteiger partial charge in [-0.2, -0.15) is 4.31 Å². The summed E-state index contributed by atoms with van der Waals surface area (Å²) >= 11 is 2.09. The fraction of sp³-hybridized carbons (Fsp3) is 0.278. The number of nitrogens with one attached hydrogen (secondary N) is 1. The summed E-state index contributed by atoms with van der Waals surface area (Å²) in [6, 6.07) is 15.1. The molecule has 0 saturated heterocycles. The van der Waals surface area contributed by atoms with Gasteiger partial charge in [0.2, 0.25) is 10.0 Å². The van der Waals surface area contributed by atoms with Gasteiger partial charge < -0.3 is 5.32 Å². The molecule has 1 aliphatic heterocycles. The summed E-state index contributed by atoms with van der Waals surface area (Å²) in [7, 11) is -3.40. The lowest BCUT2D eigenvalue weighted by atomic mass is 10.0. The van der Waals surface area contributed by atoms with Crippen LogP contribution >= 0.6 is 22.6 Å². The number of carbonyl (C=O) groups excluding carboxylic acids is 1. The minimum atomic E-state index is -3.40. The molecule has 5 nitrogen and oxygen atoms in total. The molecule has 0 aromatic heterocycles. The number of hydrogen-bond acceptors (Lipinski definition) is 3. The van der Waals surface area contributed by atoms with Gasteiger partial charge in [0.05, 0.1) is 11.3 Å². The second-order valence-corrected chi connectivity index (χ2v) is 9.15. The van der Waals surface area contributed by atoms with E-state index >= 15 is 0 Å². The highest BCUT2D eigenvalue weighted by Gasteiger charge is 2.26. The number of nitrogens with zero attached hydrogens (tertiary/aromatic N) is 1. The van der Waals surface area contributed by atoms with Crippen LogP contribution in [0.1, 0.15) is 21.5 Å². The third kappa shape index (κ3) is 4.39. The fourth-order valence-electron chi connectivity index (χ4n) is 2.87. The molecule has 1 amide bonds. The fourth-order valence-corrected chi connectivity index (χ4v) is 4.83. The van der Waals surface area contributed by atoms with E-state index in [1.165, 1.54) is 9.87 Å². The Bertz CT molecular complexity index is 883. The van der Waals surface area contributed by atoms with Gasteiger partial charge >= 0.3 is 0 Å². The van der Waals surface area contributed by atoms with Gasteiger partial charge in [-0.25, -0.2) is 8.42 Å². The molecule has 0 radical (unpaired) electrons. The van der Waals surface area contributed by atoms with Crippen molar-refractivity contribution in [2.24, 2.45) is 0 Å². The average molecular weight is 470 g/mol. The predicted octanol–water partition coefficient (Wildman–Crippen LogP) is 2.41. The summed E-state index contributed by atoms with van der Waals surface area (Å²) in [5, 5.41) is 2.70. The predicted molar refractivity (Wildman–Crippen MR) is 106 cm³/mol. The summed E-state index contributed by atoms with van der Waals surface area (Å²) in [5.41, 5.74) is 2.83. The Morgan fingerprint density at radius 3 is 2.52 bits per heavy atom. The molecule has 25 heavy (non-hydrogen) atoms. The quantitative estimate of drug-likeness (QED) is 0.683. The first kappa shape index (κ1) is 18.3. The number of carbonyl (C=O) groups is 1. The summed E-state index contributed by atoms with van der Waals surface area (Å²) in [6.45, 7) is 0.997. The molecule has 0 spiro atoms. The van der Waals surface area contributed by atoms with E-state index in [2.05, 4.69) is 27.9 Å². The molecule has 3 rings (SSSR count). The Morgan fingerprint density at radius 2 is 1.76 bits per heavy atom. The minimum Gasteiger partial charge on any atom is -0.351 e. The van der Waals surface area contributed by atoms with Crippen molar-refractivity contribution in [2.75, 3.05) is 18.8 Å².